The molecule has 0 bridgehead atoms. The van der Waals surface area contributed by atoms with Gasteiger partial charge in [-0.2, -0.15) is 0 Å². The highest BCUT2D eigenvalue weighted by atomic mass is 35.5. The van der Waals surface area contributed by atoms with E-state index in [1.807, 2.05) is 6.92 Å². The van der Waals surface area contributed by atoms with Crippen molar-refractivity contribution < 1.29 is 9.59 Å². The van der Waals surface area contributed by atoms with Gasteiger partial charge in [-0.25, -0.2) is 0 Å². The largest absolute Gasteiger partial charge is 0.293 e. The second-order valence-electron chi connectivity index (χ2n) is 4.97. The molecule has 0 heterocycles. The van der Waals surface area contributed by atoms with Gasteiger partial charge in [0, 0.05) is 16.1 Å². The van der Waals surface area contributed by atoms with E-state index in [-0.39, 0.29) is 11.6 Å². The molecule has 2 aromatic carbocycles. The van der Waals surface area contributed by atoms with Crippen molar-refractivity contribution in [2.45, 2.75) is 18.8 Å². The van der Waals surface area contributed by atoms with E-state index >= 15 is 0 Å². The number of carbonyl (C=O) groups excluding carboxylic acids is 2. The molecular weight excluding hydrogens is 272 g/mol. The minimum atomic E-state index is -1.09. The van der Waals surface area contributed by atoms with E-state index in [9.17, 15) is 9.59 Å². The first kappa shape index (κ1) is 13.1. The Morgan fingerprint density at radius 1 is 0.900 bits per heavy atom. The van der Waals surface area contributed by atoms with Crippen LogP contribution in [-0.4, -0.2) is 11.6 Å². The number of carbonyl (C=O) groups is 2. The van der Waals surface area contributed by atoms with Crippen LogP contribution in [0.5, 0.6) is 0 Å². The average Bonchev–Trinajstić information content (AvgIpc) is 2.70. The molecule has 0 atom stereocenters. The Balaban J connectivity index is 2.23. The van der Waals surface area contributed by atoms with Gasteiger partial charge in [-0.15, -0.1) is 0 Å². The zero-order chi connectivity index (χ0) is 14.3. The van der Waals surface area contributed by atoms with Gasteiger partial charge in [-0.05, 0) is 24.1 Å². The fraction of sp³-hybridized carbons (Fsp3) is 0.176. The third kappa shape index (κ3) is 1.58. The van der Waals surface area contributed by atoms with E-state index in [4.69, 9.17) is 11.6 Å². The normalized spacial score (nSPS) is 16.3. The Morgan fingerprint density at radius 2 is 1.40 bits per heavy atom. The maximum Gasteiger partial charge on any atom is 0.181 e. The molecule has 0 spiro atoms. The third-order valence-electron chi connectivity index (χ3n) is 4.06. The molecule has 0 fully saturated rings. The molecule has 1 aliphatic rings. The smallest absolute Gasteiger partial charge is 0.181 e. The monoisotopic (exact) mass is 284 g/mol. The van der Waals surface area contributed by atoms with Gasteiger partial charge >= 0.3 is 0 Å². The first-order chi connectivity index (χ1) is 9.61. The van der Waals surface area contributed by atoms with Crippen molar-refractivity contribution in [2.24, 2.45) is 0 Å². The second-order valence-corrected chi connectivity index (χ2v) is 5.41. The highest BCUT2D eigenvalue weighted by molar-refractivity contribution is 6.33. The second kappa shape index (κ2) is 4.57. The summed E-state index contributed by atoms with van der Waals surface area (Å²) in [4.78, 5) is 25.6. The molecule has 0 N–H and O–H groups in total. The van der Waals surface area contributed by atoms with Crippen LogP contribution in [0, 0.1) is 0 Å². The van der Waals surface area contributed by atoms with E-state index < -0.39 is 5.41 Å². The summed E-state index contributed by atoms with van der Waals surface area (Å²) in [7, 11) is 0. The van der Waals surface area contributed by atoms with Crippen LogP contribution < -0.4 is 0 Å². The Morgan fingerprint density at radius 3 is 1.85 bits per heavy atom. The maximum atomic E-state index is 12.8. The minimum Gasteiger partial charge on any atom is -0.293 e. The summed E-state index contributed by atoms with van der Waals surface area (Å²) >= 11 is 5.90. The Labute approximate surface area is 122 Å². The van der Waals surface area contributed by atoms with Crippen molar-refractivity contribution in [3.8, 4) is 0 Å². The van der Waals surface area contributed by atoms with Crippen LogP contribution in [0.15, 0.2) is 48.5 Å². The fourth-order valence-corrected chi connectivity index (χ4v) is 3.09. The van der Waals surface area contributed by atoms with Gasteiger partial charge in [-0.3, -0.25) is 9.59 Å². The summed E-state index contributed by atoms with van der Waals surface area (Å²) in [5.74, 6) is -0.217. The molecule has 3 rings (SSSR count). The summed E-state index contributed by atoms with van der Waals surface area (Å²) in [6.07, 6.45) is 0.445. The standard InChI is InChI=1S/C17H13ClO2/c1-2-17(11-7-9-12(18)10-8-11)15(19)13-5-3-4-6-14(13)16(17)20/h3-10H,2H2,1H3. The molecule has 0 aliphatic heterocycles. The van der Waals surface area contributed by atoms with Crippen molar-refractivity contribution in [1.29, 1.82) is 0 Å². The van der Waals surface area contributed by atoms with Crippen LogP contribution >= 0.6 is 11.6 Å². The zero-order valence-electron chi connectivity index (χ0n) is 11.0. The molecule has 2 nitrogen and oxygen atoms in total. The minimum absolute atomic E-state index is 0.108. The topological polar surface area (TPSA) is 34.1 Å². The molecule has 0 radical (unpaired) electrons. The van der Waals surface area contributed by atoms with Crippen LogP contribution in [0.4, 0.5) is 0 Å². The highest BCUT2D eigenvalue weighted by Crippen LogP contribution is 2.42. The lowest BCUT2D eigenvalue weighted by molar-refractivity contribution is 0.0789. The quantitative estimate of drug-likeness (QED) is 0.779. The highest BCUT2D eigenvalue weighted by Gasteiger charge is 2.52. The van der Waals surface area contributed by atoms with Crippen molar-refractivity contribution >= 4 is 23.2 Å². The number of hydrogen-bond acceptors (Lipinski definition) is 2. The molecule has 20 heavy (non-hydrogen) atoms. The number of rotatable bonds is 2. The predicted molar refractivity (Wildman–Crippen MR) is 78.5 cm³/mol. The van der Waals surface area contributed by atoms with Crippen LogP contribution in [0.3, 0.4) is 0 Å². The lowest BCUT2D eigenvalue weighted by Crippen LogP contribution is -2.37. The van der Waals surface area contributed by atoms with Crippen molar-refractivity contribution in [2.75, 3.05) is 0 Å². The Hall–Kier alpha value is -1.93. The molecule has 0 saturated carbocycles. The number of Topliss-reactive ketones (excluding diaryl/α,β-unsaturated/α-hetero) is 2. The van der Waals surface area contributed by atoms with Gasteiger partial charge in [0.1, 0.15) is 5.41 Å². The van der Waals surface area contributed by atoms with Crippen LogP contribution in [0.1, 0.15) is 39.6 Å². The number of hydrogen-bond donors (Lipinski definition) is 0. The van der Waals surface area contributed by atoms with Crippen molar-refractivity contribution in [3.05, 3.63) is 70.2 Å². The summed E-state index contributed by atoms with van der Waals surface area (Å²) in [5, 5.41) is 0.593. The summed E-state index contributed by atoms with van der Waals surface area (Å²) < 4.78 is 0. The molecule has 0 aromatic heterocycles. The van der Waals surface area contributed by atoms with Gasteiger partial charge in [0.25, 0.3) is 0 Å². The van der Waals surface area contributed by atoms with E-state index in [1.165, 1.54) is 0 Å². The lowest BCUT2D eigenvalue weighted by Gasteiger charge is -2.24. The van der Waals surface area contributed by atoms with Crippen LogP contribution in [0.2, 0.25) is 5.02 Å². The molecule has 0 saturated heterocycles. The van der Waals surface area contributed by atoms with Gasteiger partial charge in [0.15, 0.2) is 11.6 Å². The predicted octanol–water partition coefficient (Wildman–Crippen LogP) is 4.07. The summed E-state index contributed by atoms with van der Waals surface area (Å²) in [6, 6.07) is 14.0. The Kier molecular flexibility index (Phi) is 2.98. The molecule has 0 unspecified atom stereocenters. The number of benzene rings is 2. The number of halogens is 1. The molecule has 0 amide bonds. The van der Waals surface area contributed by atoms with Crippen molar-refractivity contribution in [3.63, 3.8) is 0 Å². The molecule has 100 valence electrons. The van der Waals surface area contributed by atoms with Crippen LogP contribution in [0.25, 0.3) is 0 Å². The van der Waals surface area contributed by atoms with E-state index in [0.717, 1.165) is 5.56 Å². The summed E-state index contributed by atoms with van der Waals surface area (Å²) in [5.41, 5.74) is 0.674. The van der Waals surface area contributed by atoms with Gasteiger partial charge in [0.05, 0.1) is 0 Å². The number of fused-ring (bicyclic) bond motifs is 1. The lowest BCUT2D eigenvalue weighted by atomic mass is 9.74. The first-order valence-electron chi connectivity index (χ1n) is 6.56. The SMILES string of the molecule is CCC1(c2ccc(Cl)cc2)C(=O)c2ccccc2C1=O. The number of ketones is 2. The summed E-state index contributed by atoms with van der Waals surface area (Å²) in [6.45, 7) is 1.87. The van der Waals surface area contributed by atoms with E-state index in [1.54, 1.807) is 48.5 Å². The van der Waals surface area contributed by atoms with Gasteiger partial charge in [-0.1, -0.05) is 54.9 Å². The van der Waals surface area contributed by atoms with Gasteiger partial charge < -0.3 is 0 Å². The average molecular weight is 285 g/mol. The third-order valence-corrected chi connectivity index (χ3v) is 4.31. The van der Waals surface area contributed by atoms with E-state index in [2.05, 4.69) is 0 Å². The molecule has 2 aromatic rings. The van der Waals surface area contributed by atoms with Crippen LogP contribution in [-0.2, 0) is 5.41 Å². The van der Waals surface area contributed by atoms with Gasteiger partial charge in [0.2, 0.25) is 0 Å². The van der Waals surface area contributed by atoms with Crippen molar-refractivity contribution in [1.82, 2.24) is 0 Å². The molecule has 1 aliphatic carbocycles. The zero-order valence-corrected chi connectivity index (χ0v) is 11.8. The maximum absolute atomic E-state index is 12.8. The fourth-order valence-electron chi connectivity index (χ4n) is 2.96. The molecular formula is C17H13ClO2. The Bertz CT molecular complexity index is 666. The molecule has 3 heteroatoms. The first-order valence-corrected chi connectivity index (χ1v) is 6.93. The van der Waals surface area contributed by atoms with E-state index in [0.29, 0.717) is 22.6 Å².